The van der Waals surface area contributed by atoms with Gasteiger partial charge >= 0.3 is 0 Å². The van der Waals surface area contributed by atoms with E-state index in [2.05, 4.69) is 17.4 Å². The van der Waals surface area contributed by atoms with E-state index in [-0.39, 0.29) is 17.7 Å². The van der Waals surface area contributed by atoms with E-state index < -0.39 is 6.10 Å². The van der Waals surface area contributed by atoms with E-state index in [0.29, 0.717) is 11.3 Å². The average molecular weight is 337 g/mol. The maximum atomic E-state index is 12.5. The topological polar surface area (TPSA) is 55.4 Å². The Morgan fingerprint density at radius 1 is 1.12 bits per heavy atom. The Labute approximate surface area is 148 Å². The van der Waals surface area contributed by atoms with Crippen molar-refractivity contribution in [2.24, 2.45) is 0 Å². The van der Waals surface area contributed by atoms with Crippen molar-refractivity contribution in [3.8, 4) is 5.75 Å². The predicted octanol–water partition coefficient (Wildman–Crippen LogP) is 3.85. The first-order valence-electron chi connectivity index (χ1n) is 8.70. The van der Waals surface area contributed by atoms with Crippen LogP contribution in [0.1, 0.15) is 54.2 Å². The highest BCUT2D eigenvalue weighted by Crippen LogP contribution is 2.29. The van der Waals surface area contributed by atoms with Crippen molar-refractivity contribution < 1.29 is 14.3 Å². The molecule has 2 aromatic rings. The molecule has 0 unspecified atom stereocenters. The summed E-state index contributed by atoms with van der Waals surface area (Å²) in [5, 5.41) is 3.11. The maximum absolute atomic E-state index is 12.5. The standard InChI is InChI=1S/C21H23NO3/c1-14(23)16-10-12-18(13-11-16)25-15(2)21(24)22-20-9-5-7-17-6-3-4-8-19(17)20/h3-4,6,8,10-13,15,20H,5,7,9H2,1-2H3,(H,22,24)/t15-,20+/m1/s1. The van der Waals surface area contributed by atoms with Gasteiger partial charge in [-0.3, -0.25) is 9.59 Å². The molecule has 25 heavy (non-hydrogen) atoms. The maximum Gasteiger partial charge on any atom is 0.261 e. The third kappa shape index (κ3) is 4.08. The minimum absolute atomic E-state index is 0.00769. The van der Waals surface area contributed by atoms with Crippen molar-refractivity contribution in [2.75, 3.05) is 0 Å². The fourth-order valence-electron chi connectivity index (χ4n) is 3.22. The Hall–Kier alpha value is -2.62. The summed E-state index contributed by atoms with van der Waals surface area (Å²) >= 11 is 0. The molecular weight excluding hydrogens is 314 g/mol. The van der Waals surface area contributed by atoms with E-state index in [4.69, 9.17) is 4.74 Å². The number of aryl methyl sites for hydroxylation is 1. The second kappa shape index (κ2) is 7.51. The van der Waals surface area contributed by atoms with Crippen LogP contribution in [0.25, 0.3) is 0 Å². The summed E-state index contributed by atoms with van der Waals surface area (Å²) in [6.07, 6.45) is 2.49. The molecule has 0 saturated heterocycles. The smallest absolute Gasteiger partial charge is 0.261 e. The highest BCUT2D eigenvalue weighted by Gasteiger charge is 2.24. The Balaban J connectivity index is 1.62. The monoisotopic (exact) mass is 337 g/mol. The lowest BCUT2D eigenvalue weighted by Gasteiger charge is -2.27. The van der Waals surface area contributed by atoms with Crippen LogP contribution in [0, 0.1) is 0 Å². The summed E-state index contributed by atoms with van der Waals surface area (Å²) in [7, 11) is 0. The van der Waals surface area contributed by atoms with Gasteiger partial charge in [-0.1, -0.05) is 24.3 Å². The van der Waals surface area contributed by atoms with Crippen LogP contribution in [0.4, 0.5) is 0 Å². The Morgan fingerprint density at radius 3 is 2.56 bits per heavy atom. The number of fused-ring (bicyclic) bond motifs is 1. The number of hydrogen-bond donors (Lipinski definition) is 1. The van der Waals surface area contributed by atoms with Gasteiger partial charge in [0.15, 0.2) is 11.9 Å². The van der Waals surface area contributed by atoms with Crippen LogP contribution in [0.3, 0.4) is 0 Å². The molecule has 3 rings (SSSR count). The summed E-state index contributed by atoms with van der Waals surface area (Å²) < 4.78 is 5.72. The molecule has 130 valence electrons. The first kappa shape index (κ1) is 17.2. The van der Waals surface area contributed by atoms with Gasteiger partial charge in [-0.25, -0.2) is 0 Å². The normalized spacial score (nSPS) is 17.3. The van der Waals surface area contributed by atoms with Crippen LogP contribution in [0.5, 0.6) is 5.75 Å². The Bertz CT molecular complexity index is 767. The lowest BCUT2D eigenvalue weighted by atomic mass is 9.87. The van der Waals surface area contributed by atoms with E-state index in [1.807, 2.05) is 12.1 Å². The minimum Gasteiger partial charge on any atom is -0.481 e. The fraction of sp³-hybridized carbons (Fsp3) is 0.333. The zero-order valence-electron chi connectivity index (χ0n) is 14.6. The van der Waals surface area contributed by atoms with Crippen molar-refractivity contribution >= 4 is 11.7 Å². The molecule has 4 nitrogen and oxygen atoms in total. The minimum atomic E-state index is -0.600. The molecule has 0 fully saturated rings. The lowest BCUT2D eigenvalue weighted by molar-refractivity contribution is -0.128. The van der Waals surface area contributed by atoms with Crippen LogP contribution in [0.15, 0.2) is 48.5 Å². The number of benzene rings is 2. The molecule has 2 atom stereocenters. The Kier molecular flexibility index (Phi) is 5.17. The second-order valence-corrected chi connectivity index (χ2v) is 6.49. The average Bonchev–Trinajstić information content (AvgIpc) is 2.62. The molecule has 1 amide bonds. The molecular formula is C21H23NO3. The Morgan fingerprint density at radius 2 is 1.84 bits per heavy atom. The zero-order valence-corrected chi connectivity index (χ0v) is 14.6. The third-order valence-electron chi connectivity index (χ3n) is 4.63. The van der Waals surface area contributed by atoms with Crippen LogP contribution < -0.4 is 10.1 Å². The van der Waals surface area contributed by atoms with Gasteiger partial charge in [0.1, 0.15) is 5.75 Å². The zero-order chi connectivity index (χ0) is 17.8. The number of nitrogens with one attached hydrogen (secondary N) is 1. The van der Waals surface area contributed by atoms with Crippen LogP contribution in [-0.4, -0.2) is 17.8 Å². The molecule has 2 aromatic carbocycles. The molecule has 0 aliphatic heterocycles. The van der Waals surface area contributed by atoms with E-state index in [1.165, 1.54) is 18.1 Å². The molecule has 1 N–H and O–H groups in total. The van der Waals surface area contributed by atoms with Crippen molar-refractivity contribution in [1.29, 1.82) is 0 Å². The van der Waals surface area contributed by atoms with Crippen LogP contribution >= 0.6 is 0 Å². The molecule has 0 spiro atoms. The van der Waals surface area contributed by atoms with Crippen LogP contribution in [0.2, 0.25) is 0 Å². The first-order valence-corrected chi connectivity index (χ1v) is 8.70. The van der Waals surface area contributed by atoms with Crippen molar-refractivity contribution in [3.05, 3.63) is 65.2 Å². The molecule has 4 heteroatoms. The SMILES string of the molecule is CC(=O)c1ccc(O[C@H](C)C(=O)N[C@H]2CCCc3ccccc32)cc1. The number of hydrogen-bond acceptors (Lipinski definition) is 3. The fourth-order valence-corrected chi connectivity index (χ4v) is 3.22. The van der Waals surface area contributed by atoms with Gasteiger partial charge in [0.05, 0.1) is 6.04 Å². The molecule has 0 saturated carbocycles. The van der Waals surface area contributed by atoms with E-state index in [0.717, 1.165) is 19.3 Å². The van der Waals surface area contributed by atoms with Crippen LogP contribution in [-0.2, 0) is 11.2 Å². The number of Topliss-reactive ketones (excluding diaryl/α,β-unsaturated/α-hetero) is 1. The summed E-state index contributed by atoms with van der Waals surface area (Å²) in [5.41, 5.74) is 3.15. The summed E-state index contributed by atoms with van der Waals surface area (Å²) in [6, 6.07) is 15.2. The largest absolute Gasteiger partial charge is 0.481 e. The lowest BCUT2D eigenvalue weighted by Crippen LogP contribution is -2.39. The third-order valence-corrected chi connectivity index (χ3v) is 4.63. The van der Waals surface area contributed by atoms with Gasteiger partial charge in [-0.15, -0.1) is 0 Å². The van der Waals surface area contributed by atoms with Gasteiger partial charge < -0.3 is 10.1 Å². The second-order valence-electron chi connectivity index (χ2n) is 6.49. The molecule has 0 radical (unpaired) electrons. The molecule has 0 aromatic heterocycles. The van der Waals surface area contributed by atoms with Gasteiger partial charge in [-0.2, -0.15) is 0 Å². The van der Waals surface area contributed by atoms with Gasteiger partial charge in [0.2, 0.25) is 0 Å². The number of amides is 1. The van der Waals surface area contributed by atoms with Gasteiger partial charge in [0, 0.05) is 5.56 Å². The number of ether oxygens (including phenoxy) is 1. The molecule has 1 aliphatic carbocycles. The summed E-state index contributed by atoms with van der Waals surface area (Å²) in [5.74, 6) is 0.461. The number of carbonyl (C=O) groups is 2. The predicted molar refractivity (Wildman–Crippen MR) is 96.8 cm³/mol. The number of carbonyl (C=O) groups excluding carboxylic acids is 2. The van der Waals surface area contributed by atoms with Gasteiger partial charge in [-0.05, 0) is 68.5 Å². The number of rotatable bonds is 5. The summed E-state index contributed by atoms with van der Waals surface area (Å²) in [6.45, 7) is 3.26. The highest BCUT2D eigenvalue weighted by molar-refractivity contribution is 5.94. The number of ketones is 1. The molecule has 0 bridgehead atoms. The van der Waals surface area contributed by atoms with Crippen molar-refractivity contribution in [1.82, 2.24) is 5.32 Å². The molecule has 1 aliphatic rings. The van der Waals surface area contributed by atoms with E-state index in [9.17, 15) is 9.59 Å². The summed E-state index contributed by atoms with van der Waals surface area (Å²) in [4.78, 5) is 23.8. The first-order chi connectivity index (χ1) is 12.0. The quantitative estimate of drug-likeness (QED) is 0.843. The highest BCUT2D eigenvalue weighted by atomic mass is 16.5. The van der Waals surface area contributed by atoms with Gasteiger partial charge in [0.25, 0.3) is 5.91 Å². The van der Waals surface area contributed by atoms with E-state index in [1.54, 1.807) is 31.2 Å². The van der Waals surface area contributed by atoms with E-state index >= 15 is 0 Å². The van der Waals surface area contributed by atoms with Crippen molar-refractivity contribution in [2.45, 2.75) is 45.3 Å². The van der Waals surface area contributed by atoms with Crippen molar-refractivity contribution in [3.63, 3.8) is 0 Å². The molecule has 0 heterocycles.